The Morgan fingerprint density at radius 2 is 1.67 bits per heavy atom. The molecule has 0 unspecified atom stereocenters. The Morgan fingerprint density at radius 3 is 1.67 bits per heavy atom. The molecule has 27 valence electrons. The molecular formula is C2H3BNaO2. The van der Waals surface area contributed by atoms with Gasteiger partial charge in [0.25, 0.3) is 0 Å². The first-order valence-corrected chi connectivity index (χ1v) is 0.908. The molecule has 0 amide bonds. The van der Waals surface area contributed by atoms with Crippen LogP contribution in [0, 0.1) is 0 Å². The SMILES string of the molecule is CC(=O)[O-].[B].[Na+]. The van der Waals surface area contributed by atoms with Gasteiger partial charge in [-0.15, -0.1) is 0 Å². The quantitative estimate of drug-likeness (QED) is 0.282. The predicted octanol–water partition coefficient (Wildman–Crippen LogP) is -4.62. The summed E-state index contributed by atoms with van der Waals surface area (Å²) in [5, 5.41) is 8.89. The Bertz CT molecular complexity index is 34.5. The number of hydrogen-bond acceptors (Lipinski definition) is 2. The monoisotopic (exact) mass is 93.0 g/mol. The van der Waals surface area contributed by atoms with Gasteiger partial charge in [0, 0.05) is 14.4 Å². The Morgan fingerprint density at radius 1 is 1.67 bits per heavy atom. The van der Waals surface area contributed by atoms with E-state index in [4.69, 9.17) is 9.90 Å². The van der Waals surface area contributed by atoms with Crippen LogP contribution in [0.3, 0.4) is 0 Å². The summed E-state index contributed by atoms with van der Waals surface area (Å²) in [5.74, 6) is -1.08. The summed E-state index contributed by atoms with van der Waals surface area (Å²) in [5.41, 5.74) is 0. The minimum atomic E-state index is -1.08. The number of aliphatic carboxylic acids is 1. The van der Waals surface area contributed by atoms with Gasteiger partial charge in [-0.3, -0.25) is 0 Å². The third kappa shape index (κ3) is 198. The molecule has 0 rings (SSSR count). The Hall–Kier alpha value is 0.535. The Labute approximate surface area is 60.8 Å². The van der Waals surface area contributed by atoms with Crippen molar-refractivity contribution in [1.29, 1.82) is 0 Å². The Kier molecular flexibility index (Phi) is 24.3. The van der Waals surface area contributed by atoms with E-state index in [0.717, 1.165) is 6.92 Å². The number of carbonyl (C=O) groups is 1. The van der Waals surface area contributed by atoms with Gasteiger partial charge in [0.2, 0.25) is 0 Å². The second-order valence-electron chi connectivity index (χ2n) is 0.492. The number of carboxylic acid groups (broad SMARTS) is 1. The van der Waals surface area contributed by atoms with E-state index in [1.165, 1.54) is 0 Å². The molecule has 6 heavy (non-hydrogen) atoms. The minimum Gasteiger partial charge on any atom is -0.550 e. The van der Waals surface area contributed by atoms with Gasteiger partial charge in [-0.1, -0.05) is 0 Å². The van der Waals surface area contributed by atoms with Crippen LogP contribution in [0.2, 0.25) is 0 Å². The summed E-state index contributed by atoms with van der Waals surface area (Å²) in [7, 11) is 0. The van der Waals surface area contributed by atoms with Gasteiger partial charge in [0.1, 0.15) is 0 Å². The molecule has 0 bridgehead atoms. The van der Waals surface area contributed by atoms with Crippen LogP contribution in [0.1, 0.15) is 6.92 Å². The van der Waals surface area contributed by atoms with Crippen molar-refractivity contribution in [3.05, 3.63) is 0 Å². The molecule has 0 spiro atoms. The maximum atomic E-state index is 8.89. The molecule has 0 heterocycles. The number of hydrogen-bond donors (Lipinski definition) is 0. The molecule has 0 fully saturated rings. The fourth-order valence-corrected chi connectivity index (χ4v) is 0. The Balaban J connectivity index is -0.0000000450. The molecule has 0 aliphatic carbocycles. The molecular weight excluding hydrogens is 89.8 g/mol. The molecule has 0 saturated heterocycles. The van der Waals surface area contributed by atoms with Gasteiger partial charge in [-0.2, -0.15) is 0 Å². The van der Waals surface area contributed by atoms with Crippen LogP contribution in [-0.4, -0.2) is 14.4 Å². The first-order chi connectivity index (χ1) is 1.73. The average Bonchev–Trinajstić information content (AvgIpc) is 0.811. The van der Waals surface area contributed by atoms with Crippen LogP contribution in [0.5, 0.6) is 0 Å². The van der Waals surface area contributed by atoms with Gasteiger partial charge in [0.05, 0.1) is 0 Å². The summed E-state index contributed by atoms with van der Waals surface area (Å²) >= 11 is 0. The minimum absolute atomic E-state index is 0. The van der Waals surface area contributed by atoms with Crippen molar-refractivity contribution < 1.29 is 39.5 Å². The fourth-order valence-electron chi connectivity index (χ4n) is 0. The van der Waals surface area contributed by atoms with Gasteiger partial charge in [-0.05, 0) is 6.92 Å². The topological polar surface area (TPSA) is 40.1 Å². The zero-order valence-electron chi connectivity index (χ0n) is 3.89. The zero-order valence-corrected chi connectivity index (χ0v) is 5.89. The maximum absolute atomic E-state index is 8.89. The first kappa shape index (κ1) is 16.0. The fraction of sp³-hybridized carbons (Fsp3) is 0.500. The molecule has 0 atom stereocenters. The largest absolute Gasteiger partial charge is 1.00 e. The van der Waals surface area contributed by atoms with Crippen LogP contribution >= 0.6 is 0 Å². The normalized spacial score (nSPS) is 4.17. The molecule has 0 saturated carbocycles. The van der Waals surface area contributed by atoms with Crippen molar-refractivity contribution >= 4 is 14.4 Å². The van der Waals surface area contributed by atoms with Gasteiger partial charge >= 0.3 is 29.6 Å². The van der Waals surface area contributed by atoms with Crippen LogP contribution in [0.4, 0.5) is 0 Å². The van der Waals surface area contributed by atoms with Crippen molar-refractivity contribution in [2.75, 3.05) is 0 Å². The summed E-state index contributed by atoms with van der Waals surface area (Å²) < 4.78 is 0. The molecule has 0 aliphatic heterocycles. The maximum Gasteiger partial charge on any atom is 1.00 e. The van der Waals surface area contributed by atoms with Crippen molar-refractivity contribution in [2.45, 2.75) is 6.92 Å². The first-order valence-electron chi connectivity index (χ1n) is 0.908. The molecule has 0 aliphatic rings. The zero-order chi connectivity index (χ0) is 3.58. The number of carboxylic acids is 1. The van der Waals surface area contributed by atoms with Crippen LogP contribution < -0.4 is 34.7 Å². The van der Waals surface area contributed by atoms with E-state index < -0.39 is 5.97 Å². The van der Waals surface area contributed by atoms with E-state index in [2.05, 4.69) is 0 Å². The molecule has 0 aromatic rings. The third-order valence-electron chi connectivity index (χ3n) is 0. The summed E-state index contributed by atoms with van der Waals surface area (Å²) in [6, 6.07) is 0. The standard InChI is InChI=1S/C2H4O2.B.Na/c1-2(3)4;;/h1H3,(H,3,4);;/q;;+1/p-1. The molecule has 3 radical (unpaired) electrons. The van der Waals surface area contributed by atoms with Crippen molar-refractivity contribution in [3.63, 3.8) is 0 Å². The molecule has 2 nitrogen and oxygen atoms in total. The van der Waals surface area contributed by atoms with E-state index >= 15 is 0 Å². The smallest absolute Gasteiger partial charge is 0.550 e. The summed E-state index contributed by atoms with van der Waals surface area (Å²) in [4.78, 5) is 8.89. The number of carbonyl (C=O) groups excluding carboxylic acids is 1. The predicted molar refractivity (Wildman–Crippen MR) is 16.4 cm³/mol. The molecule has 0 aromatic heterocycles. The summed E-state index contributed by atoms with van der Waals surface area (Å²) in [6.07, 6.45) is 0. The van der Waals surface area contributed by atoms with Gasteiger partial charge < -0.3 is 9.90 Å². The second kappa shape index (κ2) is 9.11. The van der Waals surface area contributed by atoms with Crippen molar-refractivity contribution in [3.8, 4) is 0 Å². The van der Waals surface area contributed by atoms with Crippen molar-refractivity contribution in [1.82, 2.24) is 0 Å². The molecule has 0 N–H and O–H groups in total. The van der Waals surface area contributed by atoms with E-state index in [-0.39, 0.29) is 38.0 Å². The van der Waals surface area contributed by atoms with Crippen molar-refractivity contribution in [2.24, 2.45) is 0 Å². The summed E-state index contributed by atoms with van der Waals surface area (Å²) in [6.45, 7) is 0.972. The molecule has 4 heteroatoms. The van der Waals surface area contributed by atoms with E-state index in [1.807, 2.05) is 0 Å². The van der Waals surface area contributed by atoms with E-state index in [0.29, 0.717) is 0 Å². The van der Waals surface area contributed by atoms with E-state index in [9.17, 15) is 0 Å². The van der Waals surface area contributed by atoms with Crippen LogP contribution in [0.25, 0.3) is 0 Å². The van der Waals surface area contributed by atoms with E-state index in [1.54, 1.807) is 0 Å². The van der Waals surface area contributed by atoms with Crippen LogP contribution in [-0.2, 0) is 4.79 Å². The average molecular weight is 92.8 g/mol. The molecule has 0 aromatic carbocycles. The van der Waals surface area contributed by atoms with Gasteiger partial charge in [0.15, 0.2) is 0 Å². The second-order valence-corrected chi connectivity index (χ2v) is 0.492. The number of rotatable bonds is 0. The van der Waals surface area contributed by atoms with Crippen LogP contribution in [0.15, 0.2) is 0 Å². The van der Waals surface area contributed by atoms with Gasteiger partial charge in [-0.25, -0.2) is 0 Å². The third-order valence-corrected chi connectivity index (χ3v) is 0.